The molecule has 3 fully saturated rings. The number of hydrogen-bond donors (Lipinski definition) is 1. The Balaban J connectivity index is 0.000000155. The lowest BCUT2D eigenvalue weighted by Crippen LogP contribution is -2.26. The number of nitrogens with one attached hydrogen (secondary N) is 1. The molecule has 2 aliphatic carbocycles. The number of carbonyl (C=O) groups excluding carboxylic acids is 2. The summed E-state index contributed by atoms with van der Waals surface area (Å²) in [5.41, 5.74) is 0. The van der Waals surface area contributed by atoms with Crippen molar-refractivity contribution in [1.29, 1.82) is 0 Å². The molecular weight excluding hydrogens is 262 g/mol. The highest BCUT2D eigenvalue weighted by atomic mass is 16.2. The first-order chi connectivity index (χ1) is 10.0. The molecule has 0 bridgehead atoms. The van der Waals surface area contributed by atoms with E-state index in [9.17, 15) is 9.59 Å². The fourth-order valence-corrected chi connectivity index (χ4v) is 3.85. The third kappa shape index (κ3) is 4.55. The topological polar surface area (TPSA) is 46.2 Å². The molecule has 3 rings (SSSR count). The zero-order valence-electron chi connectivity index (χ0n) is 13.9. The summed E-state index contributed by atoms with van der Waals surface area (Å²) in [6, 6.07) is 0. The summed E-state index contributed by atoms with van der Waals surface area (Å²) in [6.07, 6.45) is 8.64. The van der Waals surface area contributed by atoms with Crippen LogP contribution in [0.1, 0.15) is 65.7 Å². The summed E-state index contributed by atoms with van der Waals surface area (Å²) in [5.74, 6) is 2.98. The van der Waals surface area contributed by atoms with Crippen LogP contribution in [-0.4, -0.2) is 18.2 Å². The predicted molar refractivity (Wildman–Crippen MR) is 84.8 cm³/mol. The Morgan fingerprint density at radius 1 is 1.10 bits per heavy atom. The van der Waals surface area contributed by atoms with Crippen LogP contribution in [0.4, 0.5) is 0 Å². The van der Waals surface area contributed by atoms with Crippen molar-refractivity contribution in [2.75, 3.05) is 6.54 Å². The average Bonchev–Trinajstić information content (AvgIpc) is 3.21. The van der Waals surface area contributed by atoms with Crippen LogP contribution in [0.15, 0.2) is 0 Å². The van der Waals surface area contributed by atoms with E-state index >= 15 is 0 Å². The van der Waals surface area contributed by atoms with E-state index < -0.39 is 0 Å². The third-order valence-corrected chi connectivity index (χ3v) is 5.41. The van der Waals surface area contributed by atoms with Crippen LogP contribution in [0.5, 0.6) is 0 Å². The molecular formula is C18H31NO2. The van der Waals surface area contributed by atoms with E-state index in [1.54, 1.807) is 0 Å². The minimum Gasteiger partial charge on any atom is -0.355 e. The molecule has 120 valence electrons. The van der Waals surface area contributed by atoms with Crippen LogP contribution < -0.4 is 5.32 Å². The van der Waals surface area contributed by atoms with E-state index in [2.05, 4.69) is 26.1 Å². The van der Waals surface area contributed by atoms with Gasteiger partial charge in [0.2, 0.25) is 5.91 Å². The molecule has 1 N–H and O–H groups in total. The molecule has 1 amide bonds. The number of carbonyl (C=O) groups is 2. The number of hydrogen-bond acceptors (Lipinski definition) is 2. The molecule has 0 radical (unpaired) electrons. The standard InChI is InChI=1S/C10H20.C8H11NO2/c1-8(2)10-7-5-4-6-9(10)3;10-7(5-1-2-5)6-3-4-9-8(6)11/h8-10H,4-7H2,1-3H3;5-6H,1-4H2,(H,9,11). The first kappa shape index (κ1) is 16.5. The molecule has 2 saturated carbocycles. The predicted octanol–water partition coefficient (Wildman–Crippen LogP) is 3.57. The number of Topliss-reactive ketones (excluding diaryl/α,β-unsaturated/α-hetero) is 1. The van der Waals surface area contributed by atoms with E-state index in [1.807, 2.05) is 0 Å². The van der Waals surface area contributed by atoms with Crippen molar-refractivity contribution in [1.82, 2.24) is 5.32 Å². The summed E-state index contributed by atoms with van der Waals surface area (Å²) < 4.78 is 0. The van der Waals surface area contributed by atoms with E-state index in [0.29, 0.717) is 13.0 Å². The summed E-state index contributed by atoms with van der Waals surface area (Å²) in [5, 5.41) is 2.67. The Bertz CT molecular complexity index is 373. The van der Waals surface area contributed by atoms with Crippen molar-refractivity contribution in [3.8, 4) is 0 Å². The molecule has 0 aromatic carbocycles. The van der Waals surface area contributed by atoms with Crippen molar-refractivity contribution < 1.29 is 9.59 Å². The Morgan fingerprint density at radius 3 is 2.19 bits per heavy atom. The maximum atomic E-state index is 11.4. The Kier molecular flexibility index (Phi) is 5.83. The van der Waals surface area contributed by atoms with E-state index in [4.69, 9.17) is 0 Å². The molecule has 3 nitrogen and oxygen atoms in total. The van der Waals surface area contributed by atoms with Crippen LogP contribution in [0, 0.1) is 29.6 Å². The molecule has 1 saturated heterocycles. The molecule has 1 aliphatic heterocycles. The average molecular weight is 293 g/mol. The lowest BCUT2D eigenvalue weighted by molar-refractivity contribution is -0.132. The van der Waals surface area contributed by atoms with Gasteiger partial charge in [0.15, 0.2) is 0 Å². The molecule has 0 spiro atoms. The van der Waals surface area contributed by atoms with Gasteiger partial charge in [0.1, 0.15) is 5.78 Å². The molecule has 1 heterocycles. The zero-order chi connectivity index (χ0) is 15.4. The van der Waals surface area contributed by atoms with Gasteiger partial charge in [-0.1, -0.05) is 40.0 Å². The van der Waals surface area contributed by atoms with Crippen LogP contribution >= 0.6 is 0 Å². The van der Waals surface area contributed by atoms with E-state index in [1.165, 1.54) is 25.7 Å². The number of rotatable bonds is 3. The summed E-state index contributed by atoms with van der Waals surface area (Å²) in [6.45, 7) is 7.84. The van der Waals surface area contributed by atoms with Gasteiger partial charge in [0, 0.05) is 12.5 Å². The third-order valence-electron chi connectivity index (χ3n) is 5.41. The highest BCUT2D eigenvalue weighted by molar-refractivity contribution is 6.04. The van der Waals surface area contributed by atoms with Gasteiger partial charge in [-0.2, -0.15) is 0 Å². The zero-order valence-corrected chi connectivity index (χ0v) is 13.9. The quantitative estimate of drug-likeness (QED) is 0.809. The van der Waals surface area contributed by atoms with Crippen LogP contribution in [-0.2, 0) is 9.59 Å². The number of ketones is 1. The maximum Gasteiger partial charge on any atom is 0.230 e. The SMILES string of the molecule is CC(C)C1CCCCC1C.O=C1NCCC1C(=O)C1CC1. The Hall–Kier alpha value is -0.860. The molecule has 3 heteroatoms. The summed E-state index contributed by atoms with van der Waals surface area (Å²) in [4.78, 5) is 22.4. The van der Waals surface area contributed by atoms with Gasteiger partial charge >= 0.3 is 0 Å². The van der Waals surface area contributed by atoms with Crippen molar-refractivity contribution >= 4 is 11.7 Å². The highest BCUT2D eigenvalue weighted by Gasteiger charge is 2.39. The lowest BCUT2D eigenvalue weighted by Gasteiger charge is -2.31. The second kappa shape index (κ2) is 7.42. The molecule has 0 aromatic heterocycles. The van der Waals surface area contributed by atoms with Crippen molar-refractivity contribution in [2.45, 2.75) is 65.7 Å². The van der Waals surface area contributed by atoms with Crippen molar-refractivity contribution in [3.05, 3.63) is 0 Å². The van der Waals surface area contributed by atoms with Gasteiger partial charge in [-0.3, -0.25) is 9.59 Å². The van der Waals surface area contributed by atoms with Crippen LogP contribution in [0.3, 0.4) is 0 Å². The van der Waals surface area contributed by atoms with Gasteiger partial charge < -0.3 is 5.32 Å². The Labute approximate surface area is 129 Å². The van der Waals surface area contributed by atoms with Gasteiger partial charge in [0.05, 0.1) is 5.92 Å². The van der Waals surface area contributed by atoms with Crippen LogP contribution in [0.2, 0.25) is 0 Å². The minimum atomic E-state index is -0.303. The highest BCUT2D eigenvalue weighted by Crippen LogP contribution is 2.34. The van der Waals surface area contributed by atoms with Gasteiger partial charge in [0.25, 0.3) is 0 Å². The lowest BCUT2D eigenvalue weighted by atomic mass is 9.75. The van der Waals surface area contributed by atoms with Gasteiger partial charge in [-0.05, 0) is 43.4 Å². The molecule has 0 aromatic rings. The summed E-state index contributed by atoms with van der Waals surface area (Å²) in [7, 11) is 0. The number of amides is 1. The smallest absolute Gasteiger partial charge is 0.230 e. The fourth-order valence-electron chi connectivity index (χ4n) is 3.85. The molecule has 3 unspecified atom stereocenters. The van der Waals surface area contributed by atoms with Gasteiger partial charge in [-0.25, -0.2) is 0 Å². The largest absolute Gasteiger partial charge is 0.355 e. The van der Waals surface area contributed by atoms with E-state index in [0.717, 1.165) is 30.6 Å². The minimum absolute atomic E-state index is 0.0538. The Morgan fingerprint density at radius 2 is 1.76 bits per heavy atom. The summed E-state index contributed by atoms with van der Waals surface area (Å²) >= 11 is 0. The van der Waals surface area contributed by atoms with Gasteiger partial charge in [-0.15, -0.1) is 0 Å². The monoisotopic (exact) mass is 293 g/mol. The first-order valence-corrected chi connectivity index (χ1v) is 8.82. The molecule has 21 heavy (non-hydrogen) atoms. The van der Waals surface area contributed by atoms with Crippen molar-refractivity contribution in [3.63, 3.8) is 0 Å². The normalized spacial score (nSPS) is 32.4. The van der Waals surface area contributed by atoms with Crippen molar-refractivity contribution in [2.24, 2.45) is 29.6 Å². The molecule has 3 aliphatic rings. The fraction of sp³-hybridized carbons (Fsp3) is 0.889. The maximum absolute atomic E-state index is 11.4. The van der Waals surface area contributed by atoms with E-state index in [-0.39, 0.29) is 23.5 Å². The first-order valence-electron chi connectivity index (χ1n) is 8.82. The molecule has 3 atom stereocenters. The second-order valence-electron chi connectivity index (χ2n) is 7.48. The van der Waals surface area contributed by atoms with Crippen LogP contribution in [0.25, 0.3) is 0 Å². The second-order valence-corrected chi connectivity index (χ2v) is 7.48.